The van der Waals surface area contributed by atoms with Gasteiger partial charge in [0.25, 0.3) is 0 Å². The summed E-state index contributed by atoms with van der Waals surface area (Å²) < 4.78 is 6.54. The Hall–Kier alpha value is -6.38. The largest absolute Gasteiger partial charge is 0.455 e. The number of aryl methyl sites for hydroxylation is 1. The maximum atomic E-state index is 6.54. The molecule has 0 amide bonds. The first-order valence-electron chi connectivity index (χ1n) is 21.0. The number of benzene rings is 7. The maximum absolute atomic E-state index is 6.54. The molecular formula is C56H51NO. The number of para-hydroxylation sites is 2. The topological polar surface area (TPSA) is 16.4 Å². The minimum atomic E-state index is -0.0335. The molecule has 1 atom stereocenters. The third-order valence-electron chi connectivity index (χ3n) is 12.3. The number of hydrogen-bond acceptors (Lipinski definition) is 2. The van der Waals surface area contributed by atoms with Crippen molar-refractivity contribution in [3.8, 4) is 22.3 Å². The Morgan fingerprint density at radius 1 is 0.672 bits per heavy atom. The van der Waals surface area contributed by atoms with Crippen LogP contribution >= 0.6 is 0 Å². The first kappa shape index (κ1) is 37.2. The van der Waals surface area contributed by atoms with Gasteiger partial charge < -0.3 is 9.32 Å². The van der Waals surface area contributed by atoms with Gasteiger partial charge in [-0.1, -0.05) is 174 Å². The third-order valence-corrected chi connectivity index (χ3v) is 12.3. The van der Waals surface area contributed by atoms with Crippen molar-refractivity contribution in [1.82, 2.24) is 0 Å². The third kappa shape index (κ3) is 6.10. The molecule has 0 aliphatic heterocycles. The van der Waals surface area contributed by atoms with E-state index in [0.717, 1.165) is 51.6 Å². The molecular weight excluding hydrogens is 703 g/mol. The smallest absolute Gasteiger partial charge is 0.143 e. The van der Waals surface area contributed by atoms with Crippen LogP contribution in [0.2, 0.25) is 0 Å². The predicted molar refractivity (Wildman–Crippen MR) is 250 cm³/mol. The lowest BCUT2D eigenvalue weighted by atomic mass is 9.81. The molecule has 0 bridgehead atoms. The van der Waals surface area contributed by atoms with Crippen molar-refractivity contribution in [3.05, 3.63) is 192 Å². The SMILES string of the molecule is C/C=C\c1cc(N(c2cccc(-c3cccc4c3oc3ccccc34)c2)C2C=CC(c3ccc4c(c3)C(C)(C)c3ccccc3-4)=CC2)c2ccccc2c1CC.CC. The summed E-state index contributed by atoms with van der Waals surface area (Å²) in [4.78, 5) is 2.57. The standard InChI is InChI=1S/C54H45NO.C2H6/c1-5-15-37-34-51(46-20-8-7-18-43(46)41(37)6-2)55(40-17-13-16-38(32-40)42-22-14-23-48-47-21-10-12-25-52(47)56-53(42)48)39-29-26-35(27-30-39)36-28-31-45-44-19-9-11-24-49(44)54(3,4)50(45)33-36;1-2/h5,7-29,31-34,39H,6,30H2,1-4H3;1-2H3/b15-5-;. The van der Waals surface area contributed by atoms with Gasteiger partial charge in [-0.05, 0) is 106 Å². The number of allylic oxidation sites excluding steroid dienone is 3. The van der Waals surface area contributed by atoms with Crippen molar-refractivity contribution in [3.63, 3.8) is 0 Å². The molecule has 8 aromatic rings. The van der Waals surface area contributed by atoms with Crippen LogP contribution in [0.3, 0.4) is 0 Å². The molecule has 0 N–H and O–H groups in total. The van der Waals surface area contributed by atoms with Gasteiger partial charge in [-0.2, -0.15) is 0 Å². The number of rotatable bonds is 7. The summed E-state index contributed by atoms with van der Waals surface area (Å²) in [5.74, 6) is 0. The zero-order chi connectivity index (χ0) is 40.0. The maximum Gasteiger partial charge on any atom is 0.143 e. The highest BCUT2D eigenvalue weighted by atomic mass is 16.3. The van der Waals surface area contributed by atoms with Crippen LogP contribution in [-0.4, -0.2) is 6.04 Å². The van der Waals surface area contributed by atoms with Crippen LogP contribution in [0.1, 0.15) is 75.8 Å². The minimum Gasteiger partial charge on any atom is -0.455 e. The number of nitrogens with zero attached hydrogens (tertiary/aromatic N) is 1. The molecule has 1 aromatic heterocycles. The lowest BCUT2D eigenvalue weighted by Crippen LogP contribution is -2.30. The van der Waals surface area contributed by atoms with Gasteiger partial charge in [-0.3, -0.25) is 0 Å². The Morgan fingerprint density at radius 2 is 1.38 bits per heavy atom. The summed E-state index contributed by atoms with van der Waals surface area (Å²) in [6, 6.07) is 51.3. The molecule has 2 aliphatic rings. The van der Waals surface area contributed by atoms with E-state index in [0.29, 0.717) is 0 Å². The fourth-order valence-electron chi connectivity index (χ4n) is 9.56. The van der Waals surface area contributed by atoms with Crippen LogP contribution in [0.4, 0.5) is 11.4 Å². The van der Waals surface area contributed by atoms with Crippen molar-refractivity contribution >= 4 is 55.7 Å². The normalized spacial score (nSPS) is 15.3. The van der Waals surface area contributed by atoms with Crippen LogP contribution in [0, 0.1) is 0 Å². The average Bonchev–Trinajstić information content (AvgIpc) is 3.77. The van der Waals surface area contributed by atoms with Crippen molar-refractivity contribution in [2.24, 2.45) is 0 Å². The summed E-state index contributed by atoms with van der Waals surface area (Å²) in [6.07, 6.45) is 13.5. The van der Waals surface area contributed by atoms with Crippen LogP contribution in [0.15, 0.2) is 168 Å². The van der Waals surface area contributed by atoms with Crippen LogP contribution in [-0.2, 0) is 11.8 Å². The number of furan rings is 1. The predicted octanol–water partition coefficient (Wildman–Crippen LogP) is 15.9. The first-order chi connectivity index (χ1) is 28.4. The highest BCUT2D eigenvalue weighted by Crippen LogP contribution is 2.50. The van der Waals surface area contributed by atoms with Gasteiger partial charge in [0.05, 0.1) is 11.7 Å². The van der Waals surface area contributed by atoms with E-state index >= 15 is 0 Å². The van der Waals surface area contributed by atoms with Gasteiger partial charge >= 0.3 is 0 Å². The van der Waals surface area contributed by atoms with Crippen molar-refractivity contribution in [2.75, 3.05) is 4.90 Å². The van der Waals surface area contributed by atoms with Gasteiger partial charge in [-0.15, -0.1) is 0 Å². The van der Waals surface area contributed by atoms with Gasteiger partial charge in [0, 0.05) is 32.8 Å². The molecule has 1 heterocycles. The van der Waals surface area contributed by atoms with E-state index in [1.165, 1.54) is 61.0 Å². The van der Waals surface area contributed by atoms with Gasteiger partial charge in [0.15, 0.2) is 0 Å². The van der Waals surface area contributed by atoms with Gasteiger partial charge in [0.2, 0.25) is 0 Å². The molecule has 58 heavy (non-hydrogen) atoms. The van der Waals surface area contributed by atoms with E-state index in [2.05, 4.69) is 196 Å². The molecule has 0 saturated heterocycles. The molecule has 2 heteroatoms. The van der Waals surface area contributed by atoms with E-state index in [-0.39, 0.29) is 11.5 Å². The van der Waals surface area contributed by atoms with Gasteiger partial charge in [0.1, 0.15) is 11.2 Å². The Balaban J connectivity index is 0.00000215. The Bertz CT molecular complexity index is 2930. The fourth-order valence-corrected chi connectivity index (χ4v) is 9.56. The number of anilines is 2. The summed E-state index contributed by atoms with van der Waals surface area (Å²) in [5.41, 5.74) is 17.2. The summed E-state index contributed by atoms with van der Waals surface area (Å²) >= 11 is 0. The zero-order valence-electron chi connectivity index (χ0n) is 34.5. The molecule has 0 saturated carbocycles. The average molecular weight is 754 g/mol. The minimum absolute atomic E-state index is 0.0335. The second-order valence-corrected chi connectivity index (χ2v) is 15.8. The molecule has 10 rings (SSSR count). The summed E-state index contributed by atoms with van der Waals surface area (Å²) in [5, 5.41) is 4.87. The van der Waals surface area contributed by atoms with Crippen molar-refractivity contribution in [1.29, 1.82) is 0 Å². The number of fused-ring (bicyclic) bond motifs is 7. The summed E-state index contributed by atoms with van der Waals surface area (Å²) in [7, 11) is 0. The van der Waals surface area contributed by atoms with Crippen molar-refractivity contribution < 1.29 is 4.42 Å². The highest BCUT2D eigenvalue weighted by Gasteiger charge is 2.35. The number of hydrogen-bond donors (Lipinski definition) is 0. The first-order valence-corrected chi connectivity index (χ1v) is 21.0. The zero-order valence-corrected chi connectivity index (χ0v) is 34.5. The quantitative estimate of drug-likeness (QED) is 0.161. The van der Waals surface area contributed by atoms with E-state index in [9.17, 15) is 0 Å². The monoisotopic (exact) mass is 753 g/mol. The van der Waals surface area contributed by atoms with E-state index < -0.39 is 0 Å². The lowest BCUT2D eigenvalue weighted by Gasteiger charge is -2.35. The van der Waals surface area contributed by atoms with Crippen molar-refractivity contribution in [2.45, 2.75) is 65.8 Å². The van der Waals surface area contributed by atoms with Crippen LogP contribution in [0.5, 0.6) is 0 Å². The molecule has 0 fully saturated rings. The lowest BCUT2D eigenvalue weighted by molar-refractivity contribution is 0.660. The molecule has 0 spiro atoms. The second-order valence-electron chi connectivity index (χ2n) is 15.8. The Morgan fingerprint density at radius 3 is 2.17 bits per heavy atom. The van der Waals surface area contributed by atoms with Gasteiger partial charge in [-0.25, -0.2) is 0 Å². The highest BCUT2D eigenvalue weighted by molar-refractivity contribution is 6.10. The van der Waals surface area contributed by atoms with Crippen LogP contribution in [0.25, 0.3) is 66.6 Å². The second kappa shape index (κ2) is 15.2. The molecule has 2 nitrogen and oxygen atoms in total. The molecule has 7 aromatic carbocycles. The molecule has 1 unspecified atom stereocenters. The molecule has 0 radical (unpaired) electrons. The Kier molecular flexibility index (Phi) is 9.74. The molecule has 2 aliphatic carbocycles. The fraction of sp³-hybridized carbons (Fsp3) is 0.179. The van der Waals surface area contributed by atoms with E-state index in [1.54, 1.807) is 0 Å². The van der Waals surface area contributed by atoms with Crippen LogP contribution < -0.4 is 4.90 Å². The summed E-state index contributed by atoms with van der Waals surface area (Å²) in [6.45, 7) is 13.1. The Labute approximate surface area is 343 Å². The van der Waals surface area contributed by atoms with E-state index in [4.69, 9.17) is 4.42 Å². The van der Waals surface area contributed by atoms with E-state index in [1.807, 2.05) is 19.9 Å². The molecule has 286 valence electrons.